The summed E-state index contributed by atoms with van der Waals surface area (Å²) in [7, 11) is 0. The zero-order valence-corrected chi connectivity index (χ0v) is 42.0. The molecule has 0 saturated carbocycles. The van der Waals surface area contributed by atoms with Crippen LogP contribution in [0.1, 0.15) is 226 Å². The molecule has 0 saturated heterocycles. The molecule has 6 nitrogen and oxygen atoms in total. The van der Waals surface area contributed by atoms with Gasteiger partial charge in [-0.2, -0.15) is 0 Å². The Hall–Kier alpha value is -3.93. The van der Waals surface area contributed by atoms with Crippen LogP contribution in [0, 0.1) is 0 Å². The van der Waals surface area contributed by atoms with Gasteiger partial charge in [-0.3, -0.25) is 14.4 Å². The third-order valence-electron chi connectivity index (χ3n) is 10.8. The molecule has 1 atom stereocenters. The fourth-order valence-corrected chi connectivity index (χ4v) is 6.81. The lowest BCUT2D eigenvalue weighted by molar-refractivity contribution is -0.167. The van der Waals surface area contributed by atoms with Crippen LogP contribution in [-0.4, -0.2) is 37.2 Å². The SMILES string of the molecule is CC/C=C\C/C=C\C/C=C\C/C=C\C/C=C\CCCC(=O)OC[C@H](COC(=O)CCCCC/C=C\C/C=C\C/C=C\C/C=C\CCCCC)OC(=O)CCCCCCCCCCCCC. The molecule has 0 unspecified atom stereocenters. The molecule has 0 N–H and O–H groups in total. The average molecular weight is 901 g/mol. The van der Waals surface area contributed by atoms with E-state index in [1.54, 1.807) is 0 Å². The first-order valence-corrected chi connectivity index (χ1v) is 26.4. The number of carbonyl (C=O) groups excluding carboxylic acids is 3. The van der Waals surface area contributed by atoms with E-state index in [4.69, 9.17) is 14.2 Å². The molecule has 0 aliphatic heterocycles. The highest BCUT2D eigenvalue weighted by molar-refractivity contribution is 5.71. The standard InChI is InChI=1S/C59H96O6/c1-4-7-10-13-16-19-22-24-26-28-29-31-33-35-38-40-43-46-49-52-58(61)64-55-56(65-59(62)53-50-47-44-41-36-21-18-15-12-9-6-3)54-63-57(60)51-48-45-42-39-37-34-32-30-27-25-23-20-17-14-11-8-5-2/h8,11,16-17,19-20,24-27,29,31-32,34-35,38-39,42,56H,4-7,9-10,12-15,18,21-23,28,30,33,36-37,40-41,43-55H2,1-3H3/b11-8-,19-16-,20-17-,26-24-,27-25-,31-29-,34-32-,38-35-,42-39-/t56-/m1/s1. The van der Waals surface area contributed by atoms with E-state index in [0.29, 0.717) is 19.3 Å². The minimum atomic E-state index is -0.813. The van der Waals surface area contributed by atoms with E-state index in [2.05, 4.69) is 130 Å². The van der Waals surface area contributed by atoms with Gasteiger partial charge in [0.05, 0.1) is 0 Å². The van der Waals surface area contributed by atoms with E-state index in [9.17, 15) is 14.4 Å². The molecule has 0 aliphatic carbocycles. The van der Waals surface area contributed by atoms with Gasteiger partial charge in [-0.05, 0) is 103 Å². The van der Waals surface area contributed by atoms with Crippen molar-refractivity contribution in [3.8, 4) is 0 Å². The summed E-state index contributed by atoms with van der Waals surface area (Å²) in [6.45, 7) is 6.40. The second-order valence-corrected chi connectivity index (χ2v) is 17.1. The topological polar surface area (TPSA) is 78.9 Å². The fourth-order valence-electron chi connectivity index (χ4n) is 6.81. The molecule has 0 aromatic heterocycles. The van der Waals surface area contributed by atoms with Gasteiger partial charge in [0.2, 0.25) is 0 Å². The second kappa shape index (κ2) is 52.7. The second-order valence-electron chi connectivity index (χ2n) is 17.1. The summed E-state index contributed by atoms with van der Waals surface area (Å²) >= 11 is 0. The van der Waals surface area contributed by atoms with Crippen molar-refractivity contribution in [3.63, 3.8) is 0 Å². The summed E-state index contributed by atoms with van der Waals surface area (Å²) in [5.41, 5.74) is 0. The summed E-state index contributed by atoms with van der Waals surface area (Å²) in [6, 6.07) is 0. The van der Waals surface area contributed by atoms with Gasteiger partial charge in [-0.1, -0.05) is 214 Å². The fraction of sp³-hybridized carbons (Fsp3) is 0.644. The number of esters is 3. The average Bonchev–Trinajstić information content (AvgIpc) is 3.30. The Labute approximate surface area is 400 Å². The van der Waals surface area contributed by atoms with Crippen LogP contribution in [0.15, 0.2) is 109 Å². The number of hydrogen-bond donors (Lipinski definition) is 0. The molecular formula is C59H96O6. The van der Waals surface area contributed by atoms with Crippen molar-refractivity contribution in [1.82, 2.24) is 0 Å². The van der Waals surface area contributed by atoms with E-state index in [-0.39, 0.29) is 37.5 Å². The number of rotatable bonds is 46. The van der Waals surface area contributed by atoms with Crippen molar-refractivity contribution in [2.75, 3.05) is 13.2 Å². The van der Waals surface area contributed by atoms with Crippen LogP contribution in [0.25, 0.3) is 0 Å². The van der Waals surface area contributed by atoms with E-state index >= 15 is 0 Å². The molecule has 0 rings (SSSR count). The zero-order chi connectivity index (χ0) is 47.2. The summed E-state index contributed by atoms with van der Waals surface area (Å²) in [6.07, 6.45) is 70.8. The Bertz CT molecular complexity index is 1360. The zero-order valence-electron chi connectivity index (χ0n) is 42.0. The van der Waals surface area contributed by atoms with Gasteiger partial charge in [-0.15, -0.1) is 0 Å². The summed E-state index contributed by atoms with van der Waals surface area (Å²) < 4.78 is 16.7. The molecule has 0 radical (unpaired) electrons. The number of allylic oxidation sites excluding steroid dienone is 18. The predicted molar refractivity (Wildman–Crippen MR) is 279 cm³/mol. The molecule has 368 valence electrons. The Kier molecular flexibility index (Phi) is 49.5. The summed E-state index contributed by atoms with van der Waals surface area (Å²) in [5, 5.41) is 0. The third-order valence-corrected chi connectivity index (χ3v) is 10.8. The van der Waals surface area contributed by atoms with Crippen LogP contribution in [0.5, 0.6) is 0 Å². The largest absolute Gasteiger partial charge is 0.462 e. The lowest BCUT2D eigenvalue weighted by atomic mass is 10.1. The first-order valence-electron chi connectivity index (χ1n) is 26.4. The molecule has 0 fully saturated rings. The monoisotopic (exact) mass is 901 g/mol. The Morgan fingerprint density at radius 2 is 0.615 bits per heavy atom. The maximum atomic E-state index is 12.8. The summed E-state index contributed by atoms with van der Waals surface area (Å²) in [5.74, 6) is -1.00. The number of carbonyl (C=O) groups is 3. The maximum Gasteiger partial charge on any atom is 0.306 e. The van der Waals surface area contributed by atoms with Gasteiger partial charge < -0.3 is 14.2 Å². The molecular weight excluding hydrogens is 805 g/mol. The molecule has 0 heterocycles. The van der Waals surface area contributed by atoms with E-state index in [0.717, 1.165) is 103 Å². The van der Waals surface area contributed by atoms with Gasteiger partial charge in [0, 0.05) is 19.3 Å². The summed E-state index contributed by atoms with van der Waals surface area (Å²) in [4.78, 5) is 38.0. The van der Waals surface area contributed by atoms with Crippen LogP contribution in [0.4, 0.5) is 0 Å². The van der Waals surface area contributed by atoms with E-state index in [1.807, 2.05) is 0 Å². The van der Waals surface area contributed by atoms with Gasteiger partial charge in [-0.25, -0.2) is 0 Å². The van der Waals surface area contributed by atoms with Gasteiger partial charge in [0.1, 0.15) is 13.2 Å². The highest BCUT2D eigenvalue weighted by atomic mass is 16.6. The Morgan fingerprint density at radius 3 is 1.03 bits per heavy atom. The van der Waals surface area contributed by atoms with Crippen molar-refractivity contribution in [3.05, 3.63) is 109 Å². The first kappa shape index (κ1) is 61.1. The van der Waals surface area contributed by atoms with Crippen molar-refractivity contribution >= 4 is 17.9 Å². The van der Waals surface area contributed by atoms with Crippen LogP contribution in [0.2, 0.25) is 0 Å². The quantitative estimate of drug-likeness (QED) is 0.0262. The number of ether oxygens (including phenoxy) is 3. The molecule has 0 aliphatic rings. The van der Waals surface area contributed by atoms with Gasteiger partial charge in [0.25, 0.3) is 0 Å². The Morgan fingerprint density at radius 1 is 0.323 bits per heavy atom. The highest BCUT2D eigenvalue weighted by Crippen LogP contribution is 2.13. The number of hydrogen-bond acceptors (Lipinski definition) is 6. The third kappa shape index (κ3) is 50.9. The number of unbranched alkanes of at least 4 members (excludes halogenated alkanes) is 17. The van der Waals surface area contributed by atoms with Crippen molar-refractivity contribution in [2.45, 2.75) is 232 Å². The predicted octanol–water partition coefficient (Wildman–Crippen LogP) is 17.5. The first-order chi connectivity index (χ1) is 32.0. The van der Waals surface area contributed by atoms with Crippen molar-refractivity contribution < 1.29 is 28.6 Å². The van der Waals surface area contributed by atoms with Crippen LogP contribution >= 0.6 is 0 Å². The van der Waals surface area contributed by atoms with Crippen LogP contribution in [0.3, 0.4) is 0 Å². The van der Waals surface area contributed by atoms with Crippen molar-refractivity contribution in [1.29, 1.82) is 0 Å². The smallest absolute Gasteiger partial charge is 0.306 e. The lowest BCUT2D eigenvalue weighted by Crippen LogP contribution is -2.30. The normalized spacial score (nSPS) is 13.0. The van der Waals surface area contributed by atoms with Crippen LogP contribution in [-0.2, 0) is 28.6 Å². The maximum absolute atomic E-state index is 12.8. The van der Waals surface area contributed by atoms with E-state index < -0.39 is 6.10 Å². The van der Waals surface area contributed by atoms with E-state index in [1.165, 1.54) is 77.0 Å². The minimum Gasteiger partial charge on any atom is -0.462 e. The molecule has 6 heteroatoms. The molecule has 0 amide bonds. The highest BCUT2D eigenvalue weighted by Gasteiger charge is 2.19. The molecule has 0 aromatic rings. The van der Waals surface area contributed by atoms with Crippen molar-refractivity contribution in [2.24, 2.45) is 0 Å². The molecule has 0 spiro atoms. The van der Waals surface area contributed by atoms with Gasteiger partial charge >= 0.3 is 17.9 Å². The minimum absolute atomic E-state index is 0.113. The van der Waals surface area contributed by atoms with Gasteiger partial charge in [0.15, 0.2) is 6.10 Å². The molecule has 0 aromatic carbocycles. The lowest BCUT2D eigenvalue weighted by Gasteiger charge is -2.18. The van der Waals surface area contributed by atoms with Crippen LogP contribution < -0.4 is 0 Å². The molecule has 0 bridgehead atoms. The Balaban J connectivity index is 4.50. The molecule has 65 heavy (non-hydrogen) atoms.